The van der Waals surface area contributed by atoms with Crippen LogP contribution in [0.25, 0.3) is 5.69 Å². The van der Waals surface area contributed by atoms with Crippen LogP contribution < -0.4 is 5.32 Å². The van der Waals surface area contributed by atoms with E-state index in [4.69, 9.17) is 5.10 Å². The largest absolute Gasteiger partial charge is 0.350 e. The van der Waals surface area contributed by atoms with Crippen LogP contribution in [-0.2, 0) is 24.3 Å². The summed E-state index contributed by atoms with van der Waals surface area (Å²) >= 11 is 0. The number of carbonyl (C=O) groups excluding carboxylic acids is 1. The molecular weight excluding hydrogens is 372 g/mol. The molecular formula is C25H28N4O. The van der Waals surface area contributed by atoms with Crippen molar-refractivity contribution in [2.75, 3.05) is 6.54 Å². The van der Waals surface area contributed by atoms with Crippen LogP contribution in [0.15, 0.2) is 54.6 Å². The van der Waals surface area contributed by atoms with Crippen LogP contribution in [0.5, 0.6) is 0 Å². The number of likely N-dealkylation sites (tertiary alicyclic amines) is 1. The van der Waals surface area contributed by atoms with E-state index < -0.39 is 5.54 Å². The second-order valence-electron chi connectivity index (χ2n) is 8.58. The molecule has 0 aliphatic carbocycles. The van der Waals surface area contributed by atoms with Crippen LogP contribution in [0.2, 0.25) is 0 Å². The third-order valence-corrected chi connectivity index (χ3v) is 6.88. The van der Waals surface area contributed by atoms with Crippen LogP contribution in [0.4, 0.5) is 0 Å². The summed E-state index contributed by atoms with van der Waals surface area (Å²) in [7, 11) is 0. The Kier molecular flexibility index (Phi) is 4.70. The smallest absolute Gasteiger partial charge is 0.241 e. The molecule has 1 amide bonds. The number of benzene rings is 2. The number of amides is 1. The molecule has 2 aliphatic rings. The molecule has 5 heteroatoms. The van der Waals surface area contributed by atoms with Crippen molar-refractivity contribution >= 4 is 5.91 Å². The molecule has 1 saturated heterocycles. The van der Waals surface area contributed by atoms with Crippen molar-refractivity contribution in [1.29, 1.82) is 0 Å². The minimum Gasteiger partial charge on any atom is -0.350 e. The topological polar surface area (TPSA) is 50.2 Å². The van der Waals surface area contributed by atoms with Gasteiger partial charge in [0.05, 0.1) is 11.4 Å². The first-order valence-electron chi connectivity index (χ1n) is 10.8. The first-order valence-corrected chi connectivity index (χ1v) is 10.8. The van der Waals surface area contributed by atoms with E-state index in [1.54, 1.807) is 0 Å². The molecule has 1 fully saturated rings. The third kappa shape index (κ3) is 3.05. The Morgan fingerprint density at radius 2 is 1.77 bits per heavy atom. The zero-order valence-electron chi connectivity index (χ0n) is 17.7. The van der Waals surface area contributed by atoms with E-state index in [1.807, 2.05) is 22.9 Å². The summed E-state index contributed by atoms with van der Waals surface area (Å²) in [6, 6.07) is 18.7. The summed E-state index contributed by atoms with van der Waals surface area (Å²) in [6.07, 6.45) is 2.72. The van der Waals surface area contributed by atoms with Gasteiger partial charge in [-0.1, -0.05) is 42.5 Å². The lowest BCUT2D eigenvalue weighted by molar-refractivity contribution is -0.132. The molecule has 1 atom stereocenters. The van der Waals surface area contributed by atoms with E-state index in [0.29, 0.717) is 6.54 Å². The van der Waals surface area contributed by atoms with E-state index in [9.17, 15) is 4.79 Å². The van der Waals surface area contributed by atoms with Crippen LogP contribution >= 0.6 is 0 Å². The Labute approximate surface area is 177 Å². The van der Waals surface area contributed by atoms with E-state index in [0.717, 1.165) is 49.4 Å². The second-order valence-corrected chi connectivity index (χ2v) is 8.58. The Balaban J connectivity index is 1.50. The van der Waals surface area contributed by atoms with Gasteiger partial charge < -0.3 is 5.32 Å². The Morgan fingerprint density at radius 3 is 2.57 bits per heavy atom. The molecule has 0 bridgehead atoms. The summed E-state index contributed by atoms with van der Waals surface area (Å²) in [5.74, 6) is 0.168. The molecule has 2 aromatic carbocycles. The molecule has 2 aliphatic heterocycles. The zero-order valence-corrected chi connectivity index (χ0v) is 17.7. The fraction of sp³-hybridized carbons (Fsp3) is 0.360. The van der Waals surface area contributed by atoms with E-state index in [-0.39, 0.29) is 5.91 Å². The van der Waals surface area contributed by atoms with Crippen molar-refractivity contribution in [3.05, 3.63) is 82.7 Å². The summed E-state index contributed by atoms with van der Waals surface area (Å²) in [6.45, 7) is 6.51. The minimum absolute atomic E-state index is 0.168. The third-order valence-electron chi connectivity index (χ3n) is 6.88. The second kappa shape index (κ2) is 7.40. The van der Waals surface area contributed by atoms with Gasteiger partial charge in [-0.25, -0.2) is 4.68 Å². The molecule has 154 valence electrons. The van der Waals surface area contributed by atoms with Gasteiger partial charge in [-0.3, -0.25) is 9.69 Å². The van der Waals surface area contributed by atoms with Gasteiger partial charge in [-0.05, 0) is 56.5 Å². The van der Waals surface area contributed by atoms with Gasteiger partial charge in [0.1, 0.15) is 5.54 Å². The number of hydrogen-bond acceptors (Lipinski definition) is 3. The molecule has 0 radical (unpaired) electrons. The van der Waals surface area contributed by atoms with Gasteiger partial charge in [0, 0.05) is 30.8 Å². The summed E-state index contributed by atoms with van der Waals surface area (Å²) in [4.78, 5) is 15.7. The maximum absolute atomic E-state index is 13.3. The summed E-state index contributed by atoms with van der Waals surface area (Å²) in [5, 5.41) is 8.03. The number of para-hydroxylation sites is 1. The molecule has 1 unspecified atom stereocenters. The van der Waals surface area contributed by atoms with Crippen LogP contribution in [0.3, 0.4) is 0 Å². The van der Waals surface area contributed by atoms with Crippen molar-refractivity contribution in [3.8, 4) is 5.69 Å². The van der Waals surface area contributed by atoms with E-state index in [1.165, 1.54) is 16.7 Å². The van der Waals surface area contributed by atoms with Crippen LogP contribution in [0.1, 0.15) is 40.9 Å². The van der Waals surface area contributed by atoms with Crippen molar-refractivity contribution in [2.45, 2.75) is 51.7 Å². The molecule has 1 aromatic heterocycles. The highest BCUT2D eigenvalue weighted by Crippen LogP contribution is 2.37. The van der Waals surface area contributed by atoms with E-state index in [2.05, 4.69) is 60.5 Å². The number of fused-ring (bicyclic) bond motifs is 1. The summed E-state index contributed by atoms with van der Waals surface area (Å²) in [5.41, 5.74) is 6.53. The number of nitrogens with zero attached hydrogens (tertiary/aromatic N) is 3. The Morgan fingerprint density at radius 1 is 1.03 bits per heavy atom. The monoisotopic (exact) mass is 400 g/mol. The number of hydrogen-bond donors (Lipinski definition) is 1. The lowest BCUT2D eigenvalue weighted by atomic mass is 9.86. The zero-order chi connectivity index (χ0) is 20.7. The number of rotatable bonds is 3. The van der Waals surface area contributed by atoms with Crippen LogP contribution in [-0.4, -0.2) is 32.7 Å². The predicted octanol–water partition coefficient (Wildman–Crippen LogP) is 3.70. The number of nitrogens with one attached hydrogen (secondary N) is 1. The maximum atomic E-state index is 13.3. The van der Waals surface area contributed by atoms with Crippen molar-refractivity contribution in [3.63, 3.8) is 0 Å². The lowest BCUT2D eigenvalue weighted by Gasteiger charge is -2.36. The molecule has 1 spiro atoms. The minimum atomic E-state index is -0.472. The molecule has 3 heterocycles. The van der Waals surface area contributed by atoms with Gasteiger partial charge in [0.15, 0.2) is 0 Å². The number of aromatic nitrogens is 2. The van der Waals surface area contributed by atoms with Crippen molar-refractivity contribution < 1.29 is 4.79 Å². The summed E-state index contributed by atoms with van der Waals surface area (Å²) < 4.78 is 2.02. The average molecular weight is 401 g/mol. The van der Waals surface area contributed by atoms with Crippen molar-refractivity contribution in [2.24, 2.45) is 0 Å². The van der Waals surface area contributed by atoms with Crippen LogP contribution in [0, 0.1) is 13.8 Å². The quantitative estimate of drug-likeness (QED) is 0.729. The standard InChI is InChI=1S/C25H28N4O/c1-18-23(19(2)29(27-18)22-11-4-3-5-12-22)17-28-14-8-13-25(28)15-20-9-6-7-10-21(20)16-26-24(25)30/h3-7,9-12H,8,13-17H2,1-2H3,(H,26,30). The Bertz CT molecular complexity index is 1090. The highest BCUT2D eigenvalue weighted by atomic mass is 16.2. The predicted molar refractivity (Wildman–Crippen MR) is 117 cm³/mol. The maximum Gasteiger partial charge on any atom is 0.241 e. The molecule has 3 aromatic rings. The van der Waals surface area contributed by atoms with Gasteiger partial charge in [0.25, 0.3) is 0 Å². The number of aryl methyl sites for hydroxylation is 1. The molecule has 1 N–H and O–H groups in total. The fourth-order valence-corrected chi connectivity index (χ4v) is 5.18. The average Bonchev–Trinajstić information content (AvgIpc) is 3.25. The first-order chi connectivity index (χ1) is 14.6. The number of carbonyl (C=O) groups is 1. The fourth-order valence-electron chi connectivity index (χ4n) is 5.18. The van der Waals surface area contributed by atoms with E-state index >= 15 is 0 Å². The van der Waals surface area contributed by atoms with Gasteiger partial charge in [0.2, 0.25) is 5.91 Å². The molecule has 30 heavy (non-hydrogen) atoms. The van der Waals surface area contributed by atoms with Gasteiger partial charge in [-0.2, -0.15) is 5.10 Å². The molecule has 5 rings (SSSR count). The first kappa shape index (κ1) is 19.1. The van der Waals surface area contributed by atoms with Crippen molar-refractivity contribution in [1.82, 2.24) is 20.0 Å². The normalized spacial score (nSPS) is 21.5. The van der Waals surface area contributed by atoms with Gasteiger partial charge in [-0.15, -0.1) is 0 Å². The highest BCUT2D eigenvalue weighted by Gasteiger charge is 2.48. The molecule has 0 saturated carbocycles. The molecule has 5 nitrogen and oxygen atoms in total. The highest BCUT2D eigenvalue weighted by molar-refractivity contribution is 5.87. The Hall–Kier alpha value is -2.92. The lowest BCUT2D eigenvalue weighted by Crippen LogP contribution is -2.55. The SMILES string of the molecule is Cc1nn(-c2ccccc2)c(C)c1CN1CCCC12Cc1ccccc1CNC2=O. The van der Waals surface area contributed by atoms with Gasteiger partial charge >= 0.3 is 0 Å².